The summed E-state index contributed by atoms with van der Waals surface area (Å²) in [6, 6.07) is 5.99. The molecule has 0 radical (unpaired) electrons. The molecule has 7 heteroatoms. The lowest BCUT2D eigenvalue weighted by Gasteiger charge is -2.25. The van der Waals surface area contributed by atoms with E-state index in [1.54, 1.807) is 6.07 Å². The molecule has 0 saturated carbocycles. The number of ether oxygens (including phenoxy) is 2. The number of nitrogens with zero attached hydrogens (tertiary/aromatic N) is 1. The Kier molecular flexibility index (Phi) is 6.54. The quantitative estimate of drug-likeness (QED) is 0.760. The zero-order valence-electron chi connectivity index (χ0n) is 14.0. The van der Waals surface area contributed by atoms with Crippen LogP contribution in [0.1, 0.15) is 19.3 Å². The second-order valence-electron chi connectivity index (χ2n) is 5.88. The first kappa shape index (κ1) is 18.2. The van der Waals surface area contributed by atoms with Gasteiger partial charge in [0.15, 0.2) is 6.61 Å². The molecule has 0 aromatic heterocycles. The van der Waals surface area contributed by atoms with Crippen molar-refractivity contribution < 1.29 is 23.5 Å². The van der Waals surface area contributed by atoms with Gasteiger partial charge in [0.1, 0.15) is 11.6 Å². The maximum atomic E-state index is 13.0. The minimum atomic E-state index is -0.405. The lowest BCUT2D eigenvalue weighted by Crippen LogP contribution is -2.42. The molecule has 1 N–H and O–H groups in total. The number of hydrogen-bond acceptors (Lipinski definition) is 5. The number of nitrogens with one attached hydrogen (secondary N) is 1. The normalized spacial score (nSPS) is 20.6. The highest BCUT2D eigenvalue weighted by Crippen LogP contribution is 2.24. The fraction of sp³-hybridized carbons (Fsp3) is 0.529. The SMILES string of the molecule is COC(=O)C[C@H]1CC[C@@H](CNC(=O)COc2cccc(F)c2)N1C. The van der Waals surface area contributed by atoms with E-state index < -0.39 is 5.82 Å². The van der Waals surface area contributed by atoms with Crippen molar-refractivity contribution in [3.05, 3.63) is 30.1 Å². The standard InChI is InChI=1S/C17H23FN2O4/c1-20-13(9-17(22)23-2)6-7-14(20)10-19-16(21)11-24-15-5-3-4-12(18)8-15/h3-5,8,13-14H,6-7,9-11H2,1-2H3,(H,19,21)/t13-,14+/m1/s1. The molecule has 24 heavy (non-hydrogen) atoms. The van der Waals surface area contributed by atoms with Gasteiger partial charge in [0, 0.05) is 24.7 Å². The van der Waals surface area contributed by atoms with Gasteiger partial charge in [-0.2, -0.15) is 0 Å². The first-order valence-corrected chi connectivity index (χ1v) is 7.93. The summed E-state index contributed by atoms with van der Waals surface area (Å²) >= 11 is 0. The van der Waals surface area contributed by atoms with E-state index in [-0.39, 0.29) is 30.6 Å². The third-order valence-corrected chi connectivity index (χ3v) is 4.32. The average Bonchev–Trinajstić information content (AvgIpc) is 2.91. The lowest BCUT2D eigenvalue weighted by molar-refractivity contribution is -0.141. The van der Waals surface area contributed by atoms with Gasteiger partial charge in [-0.25, -0.2) is 4.39 Å². The van der Waals surface area contributed by atoms with E-state index in [1.165, 1.54) is 25.3 Å². The smallest absolute Gasteiger partial charge is 0.307 e. The largest absolute Gasteiger partial charge is 0.484 e. The average molecular weight is 338 g/mol. The number of hydrogen-bond donors (Lipinski definition) is 1. The molecule has 0 unspecified atom stereocenters. The number of halogens is 1. The van der Waals surface area contributed by atoms with Gasteiger partial charge in [-0.15, -0.1) is 0 Å². The van der Waals surface area contributed by atoms with Crippen LogP contribution in [0.3, 0.4) is 0 Å². The van der Waals surface area contributed by atoms with Gasteiger partial charge in [-0.05, 0) is 32.0 Å². The van der Waals surface area contributed by atoms with E-state index in [2.05, 4.69) is 10.2 Å². The van der Waals surface area contributed by atoms with Crippen LogP contribution in [0.4, 0.5) is 4.39 Å². The molecule has 1 aliphatic heterocycles. The molecule has 6 nitrogen and oxygen atoms in total. The first-order chi connectivity index (χ1) is 11.5. The number of benzene rings is 1. The maximum Gasteiger partial charge on any atom is 0.307 e. The summed E-state index contributed by atoms with van der Waals surface area (Å²) in [6.45, 7) is 0.324. The minimum Gasteiger partial charge on any atom is -0.484 e. The van der Waals surface area contributed by atoms with Crippen molar-refractivity contribution in [2.75, 3.05) is 27.3 Å². The number of methoxy groups -OCH3 is 1. The van der Waals surface area contributed by atoms with Gasteiger partial charge in [0.25, 0.3) is 5.91 Å². The maximum absolute atomic E-state index is 13.0. The Hall–Kier alpha value is -2.15. The molecule has 0 aliphatic carbocycles. The zero-order chi connectivity index (χ0) is 17.5. The summed E-state index contributed by atoms with van der Waals surface area (Å²) in [4.78, 5) is 25.3. The fourth-order valence-corrected chi connectivity index (χ4v) is 2.85. The minimum absolute atomic E-state index is 0.142. The molecule has 1 heterocycles. The van der Waals surface area contributed by atoms with Crippen molar-refractivity contribution in [1.29, 1.82) is 0 Å². The summed E-state index contributed by atoms with van der Waals surface area (Å²) in [6.07, 6.45) is 2.16. The first-order valence-electron chi connectivity index (χ1n) is 7.93. The van der Waals surface area contributed by atoms with Crippen LogP contribution in [-0.2, 0) is 14.3 Å². The number of amides is 1. The van der Waals surface area contributed by atoms with Crippen LogP contribution in [0.2, 0.25) is 0 Å². The predicted molar refractivity (Wildman–Crippen MR) is 86.1 cm³/mol. The molecule has 2 rings (SSSR count). The van der Waals surface area contributed by atoms with Crippen LogP contribution in [0.25, 0.3) is 0 Å². The van der Waals surface area contributed by atoms with E-state index >= 15 is 0 Å². The molecule has 1 aliphatic rings. The second-order valence-corrected chi connectivity index (χ2v) is 5.88. The van der Waals surface area contributed by atoms with E-state index in [0.29, 0.717) is 18.7 Å². The third-order valence-electron chi connectivity index (χ3n) is 4.32. The summed E-state index contributed by atoms with van der Waals surface area (Å²) < 4.78 is 23.0. The summed E-state index contributed by atoms with van der Waals surface area (Å²) in [5, 5.41) is 2.81. The monoisotopic (exact) mass is 338 g/mol. The third kappa shape index (κ3) is 5.19. The highest BCUT2D eigenvalue weighted by atomic mass is 19.1. The number of esters is 1. The molecule has 1 aromatic carbocycles. The van der Waals surface area contributed by atoms with Crippen LogP contribution in [0.5, 0.6) is 5.75 Å². The molecule has 2 atom stereocenters. The van der Waals surface area contributed by atoms with Gasteiger partial charge in [0.2, 0.25) is 0 Å². The Morgan fingerprint density at radius 3 is 2.79 bits per heavy atom. The van der Waals surface area contributed by atoms with Gasteiger partial charge in [0.05, 0.1) is 13.5 Å². The van der Waals surface area contributed by atoms with Crippen LogP contribution < -0.4 is 10.1 Å². The number of likely N-dealkylation sites (N-methyl/N-ethyl adjacent to an activating group) is 1. The Morgan fingerprint density at radius 2 is 2.08 bits per heavy atom. The van der Waals surface area contributed by atoms with Gasteiger partial charge >= 0.3 is 5.97 Å². The van der Waals surface area contributed by atoms with E-state index in [0.717, 1.165) is 12.8 Å². The molecule has 1 amide bonds. The van der Waals surface area contributed by atoms with Crippen LogP contribution in [0, 0.1) is 5.82 Å². The predicted octanol–water partition coefficient (Wildman–Crippen LogP) is 1.35. The molecule has 0 bridgehead atoms. The van der Waals surface area contributed by atoms with Crippen molar-refractivity contribution in [1.82, 2.24) is 10.2 Å². The highest BCUT2D eigenvalue weighted by Gasteiger charge is 2.32. The Balaban J connectivity index is 1.71. The molecule has 1 fully saturated rings. The fourth-order valence-electron chi connectivity index (χ4n) is 2.85. The van der Waals surface area contributed by atoms with E-state index in [1.807, 2.05) is 7.05 Å². The number of carbonyl (C=O) groups excluding carboxylic acids is 2. The van der Waals surface area contributed by atoms with Gasteiger partial charge in [-0.1, -0.05) is 6.07 Å². The lowest BCUT2D eigenvalue weighted by atomic mass is 10.1. The molecular formula is C17H23FN2O4. The molecular weight excluding hydrogens is 315 g/mol. The summed E-state index contributed by atoms with van der Waals surface area (Å²) in [5.41, 5.74) is 0. The molecule has 132 valence electrons. The van der Waals surface area contributed by atoms with Gasteiger partial charge < -0.3 is 14.8 Å². The van der Waals surface area contributed by atoms with Crippen molar-refractivity contribution in [2.24, 2.45) is 0 Å². The number of likely N-dealkylation sites (tertiary alicyclic amines) is 1. The Morgan fingerprint density at radius 1 is 1.33 bits per heavy atom. The van der Waals surface area contributed by atoms with Crippen molar-refractivity contribution in [2.45, 2.75) is 31.3 Å². The summed E-state index contributed by atoms with van der Waals surface area (Å²) in [5.74, 6) is -0.567. The Labute approximate surface area is 140 Å². The molecule has 1 aromatic rings. The van der Waals surface area contributed by atoms with E-state index in [4.69, 9.17) is 9.47 Å². The van der Waals surface area contributed by atoms with Crippen molar-refractivity contribution >= 4 is 11.9 Å². The van der Waals surface area contributed by atoms with Crippen LogP contribution in [-0.4, -0.2) is 56.2 Å². The molecule has 0 spiro atoms. The number of carbonyl (C=O) groups is 2. The second kappa shape index (κ2) is 8.63. The van der Waals surface area contributed by atoms with Crippen molar-refractivity contribution in [3.63, 3.8) is 0 Å². The van der Waals surface area contributed by atoms with E-state index in [9.17, 15) is 14.0 Å². The summed E-state index contributed by atoms with van der Waals surface area (Å²) in [7, 11) is 3.33. The van der Waals surface area contributed by atoms with Gasteiger partial charge in [-0.3, -0.25) is 14.5 Å². The molecule has 1 saturated heterocycles. The Bertz CT molecular complexity index is 581. The van der Waals surface area contributed by atoms with Crippen LogP contribution >= 0.6 is 0 Å². The topological polar surface area (TPSA) is 67.9 Å². The van der Waals surface area contributed by atoms with Crippen LogP contribution in [0.15, 0.2) is 24.3 Å². The van der Waals surface area contributed by atoms with Crippen molar-refractivity contribution in [3.8, 4) is 5.75 Å². The zero-order valence-corrected chi connectivity index (χ0v) is 14.0. The number of rotatable bonds is 7. The highest BCUT2D eigenvalue weighted by molar-refractivity contribution is 5.77.